The first-order chi connectivity index (χ1) is 9.26. The fraction of sp³-hybridized carbons (Fsp3) is 0.389. The van der Waals surface area contributed by atoms with Crippen LogP contribution in [0.4, 0.5) is 0 Å². The van der Waals surface area contributed by atoms with Gasteiger partial charge in [-0.05, 0) is 51.0 Å². The maximum absolute atomic E-state index is 12.1. The summed E-state index contributed by atoms with van der Waals surface area (Å²) in [6.07, 6.45) is 0. The molecule has 0 saturated heterocycles. The van der Waals surface area contributed by atoms with Crippen molar-refractivity contribution in [3.05, 3.63) is 47.5 Å². The van der Waals surface area contributed by atoms with Gasteiger partial charge in [0, 0.05) is 0 Å². The maximum Gasteiger partial charge on any atom is 0.313 e. The standard InChI is InChI=1S/C18H22O2/c1-12-6-7-16-11-14(8-9-15(16)10-12)13(2)17(19)20-18(3,4)5/h6-11,13H,1-5H3/t13-/m0/s1. The number of aryl methyl sites for hydroxylation is 1. The van der Waals surface area contributed by atoms with Crippen LogP contribution in [-0.2, 0) is 9.53 Å². The summed E-state index contributed by atoms with van der Waals surface area (Å²) in [6, 6.07) is 12.5. The molecule has 0 aliphatic rings. The van der Waals surface area contributed by atoms with Crippen LogP contribution in [0.3, 0.4) is 0 Å². The zero-order chi connectivity index (χ0) is 14.9. The van der Waals surface area contributed by atoms with Crippen molar-refractivity contribution in [1.82, 2.24) is 0 Å². The van der Waals surface area contributed by atoms with E-state index in [1.807, 2.05) is 33.8 Å². The molecule has 0 heterocycles. The van der Waals surface area contributed by atoms with Crippen molar-refractivity contribution in [2.45, 2.75) is 46.1 Å². The first kappa shape index (κ1) is 14.6. The largest absolute Gasteiger partial charge is 0.460 e. The van der Waals surface area contributed by atoms with Crippen LogP contribution in [0, 0.1) is 6.92 Å². The molecule has 2 aromatic rings. The van der Waals surface area contributed by atoms with E-state index in [1.165, 1.54) is 10.9 Å². The molecule has 0 bridgehead atoms. The number of esters is 1. The Kier molecular flexibility index (Phi) is 3.85. The first-order valence-electron chi connectivity index (χ1n) is 6.99. The number of benzene rings is 2. The molecule has 0 saturated carbocycles. The summed E-state index contributed by atoms with van der Waals surface area (Å²) in [5, 5.41) is 2.36. The Morgan fingerprint density at radius 3 is 2.30 bits per heavy atom. The van der Waals surface area contributed by atoms with E-state index in [0.29, 0.717) is 0 Å². The summed E-state index contributed by atoms with van der Waals surface area (Å²) in [5.41, 5.74) is 1.79. The van der Waals surface area contributed by atoms with Crippen LogP contribution in [0.25, 0.3) is 10.8 Å². The molecule has 0 aliphatic heterocycles. The van der Waals surface area contributed by atoms with E-state index in [9.17, 15) is 4.79 Å². The molecule has 0 radical (unpaired) electrons. The Hall–Kier alpha value is -1.83. The Morgan fingerprint density at radius 2 is 1.65 bits per heavy atom. The van der Waals surface area contributed by atoms with Gasteiger partial charge in [0.1, 0.15) is 5.60 Å². The van der Waals surface area contributed by atoms with Crippen LogP contribution in [0.15, 0.2) is 36.4 Å². The molecule has 106 valence electrons. The molecule has 2 nitrogen and oxygen atoms in total. The molecule has 2 heteroatoms. The van der Waals surface area contributed by atoms with Gasteiger partial charge in [-0.3, -0.25) is 4.79 Å². The molecule has 1 atom stereocenters. The third kappa shape index (κ3) is 3.38. The van der Waals surface area contributed by atoms with Crippen LogP contribution < -0.4 is 0 Å². The zero-order valence-electron chi connectivity index (χ0n) is 12.9. The van der Waals surface area contributed by atoms with Gasteiger partial charge in [0.05, 0.1) is 5.92 Å². The topological polar surface area (TPSA) is 26.3 Å². The third-order valence-corrected chi connectivity index (χ3v) is 3.28. The first-order valence-corrected chi connectivity index (χ1v) is 6.99. The van der Waals surface area contributed by atoms with Crippen LogP contribution in [0.2, 0.25) is 0 Å². The van der Waals surface area contributed by atoms with Gasteiger partial charge in [0.25, 0.3) is 0 Å². The average Bonchev–Trinajstić information content (AvgIpc) is 2.35. The number of hydrogen-bond acceptors (Lipinski definition) is 2. The molecule has 2 aromatic carbocycles. The lowest BCUT2D eigenvalue weighted by molar-refractivity contribution is -0.156. The zero-order valence-corrected chi connectivity index (χ0v) is 12.9. The minimum Gasteiger partial charge on any atom is -0.460 e. The lowest BCUT2D eigenvalue weighted by Gasteiger charge is -2.22. The van der Waals surface area contributed by atoms with Gasteiger partial charge in [0.15, 0.2) is 0 Å². The van der Waals surface area contributed by atoms with Crippen molar-refractivity contribution in [3.8, 4) is 0 Å². The van der Waals surface area contributed by atoms with Crippen molar-refractivity contribution >= 4 is 16.7 Å². The molecule has 0 aromatic heterocycles. The lowest BCUT2D eigenvalue weighted by atomic mass is 9.97. The van der Waals surface area contributed by atoms with E-state index < -0.39 is 5.60 Å². The predicted octanol–water partition coefficient (Wildman–Crippen LogP) is 4.59. The summed E-state index contributed by atoms with van der Waals surface area (Å²) in [7, 11) is 0. The maximum atomic E-state index is 12.1. The summed E-state index contributed by atoms with van der Waals surface area (Å²) < 4.78 is 5.45. The number of fused-ring (bicyclic) bond motifs is 1. The highest BCUT2D eigenvalue weighted by Gasteiger charge is 2.22. The second kappa shape index (κ2) is 5.28. The Morgan fingerprint density at radius 1 is 1.05 bits per heavy atom. The van der Waals surface area contributed by atoms with Crippen molar-refractivity contribution in [2.75, 3.05) is 0 Å². The van der Waals surface area contributed by atoms with Crippen molar-refractivity contribution < 1.29 is 9.53 Å². The molecule has 20 heavy (non-hydrogen) atoms. The van der Waals surface area contributed by atoms with Gasteiger partial charge in [-0.25, -0.2) is 0 Å². The highest BCUT2D eigenvalue weighted by atomic mass is 16.6. The summed E-state index contributed by atoms with van der Waals surface area (Å²) in [5.74, 6) is -0.427. The van der Waals surface area contributed by atoms with Gasteiger partial charge >= 0.3 is 5.97 Å². The van der Waals surface area contributed by atoms with Crippen LogP contribution in [-0.4, -0.2) is 11.6 Å². The number of carbonyl (C=O) groups is 1. The van der Waals surface area contributed by atoms with E-state index in [4.69, 9.17) is 4.74 Å². The molecule has 2 rings (SSSR count). The molecule has 0 amide bonds. The quantitative estimate of drug-likeness (QED) is 0.746. The Labute approximate surface area is 120 Å². The highest BCUT2D eigenvalue weighted by Crippen LogP contribution is 2.25. The summed E-state index contributed by atoms with van der Waals surface area (Å²) in [4.78, 5) is 12.1. The van der Waals surface area contributed by atoms with E-state index >= 15 is 0 Å². The van der Waals surface area contributed by atoms with Gasteiger partial charge in [-0.2, -0.15) is 0 Å². The predicted molar refractivity (Wildman–Crippen MR) is 82.9 cm³/mol. The summed E-state index contributed by atoms with van der Waals surface area (Å²) >= 11 is 0. The fourth-order valence-corrected chi connectivity index (χ4v) is 2.18. The lowest BCUT2D eigenvalue weighted by Crippen LogP contribution is -2.26. The molecular formula is C18H22O2. The van der Waals surface area contributed by atoms with Crippen LogP contribution in [0.1, 0.15) is 44.7 Å². The van der Waals surface area contributed by atoms with Gasteiger partial charge in [0.2, 0.25) is 0 Å². The SMILES string of the molecule is Cc1ccc2cc([C@H](C)C(=O)OC(C)(C)C)ccc2c1. The second-order valence-electron chi connectivity index (χ2n) is 6.37. The van der Waals surface area contributed by atoms with E-state index in [2.05, 4.69) is 37.3 Å². The van der Waals surface area contributed by atoms with E-state index in [-0.39, 0.29) is 11.9 Å². The Balaban J connectivity index is 2.28. The van der Waals surface area contributed by atoms with Crippen LogP contribution in [0.5, 0.6) is 0 Å². The molecular weight excluding hydrogens is 248 g/mol. The highest BCUT2D eigenvalue weighted by molar-refractivity contribution is 5.86. The van der Waals surface area contributed by atoms with E-state index in [1.54, 1.807) is 0 Å². The molecule has 0 fully saturated rings. The minimum atomic E-state index is -0.445. The van der Waals surface area contributed by atoms with Gasteiger partial charge in [-0.1, -0.05) is 42.0 Å². The minimum absolute atomic E-state index is 0.177. The number of rotatable bonds is 2. The number of ether oxygens (including phenoxy) is 1. The van der Waals surface area contributed by atoms with Crippen molar-refractivity contribution in [2.24, 2.45) is 0 Å². The molecule has 0 N–H and O–H groups in total. The second-order valence-corrected chi connectivity index (χ2v) is 6.37. The number of carbonyl (C=O) groups excluding carboxylic acids is 1. The fourth-order valence-electron chi connectivity index (χ4n) is 2.18. The summed E-state index contributed by atoms with van der Waals surface area (Å²) in [6.45, 7) is 9.64. The molecule has 0 unspecified atom stereocenters. The van der Waals surface area contributed by atoms with E-state index in [0.717, 1.165) is 10.9 Å². The Bertz CT molecular complexity index is 635. The monoisotopic (exact) mass is 270 g/mol. The van der Waals surface area contributed by atoms with Crippen molar-refractivity contribution in [1.29, 1.82) is 0 Å². The van der Waals surface area contributed by atoms with Gasteiger partial charge in [-0.15, -0.1) is 0 Å². The molecule has 0 spiro atoms. The normalized spacial score (nSPS) is 13.2. The van der Waals surface area contributed by atoms with Crippen LogP contribution >= 0.6 is 0 Å². The average molecular weight is 270 g/mol. The van der Waals surface area contributed by atoms with Crippen molar-refractivity contribution in [3.63, 3.8) is 0 Å². The number of hydrogen-bond donors (Lipinski definition) is 0. The third-order valence-electron chi connectivity index (χ3n) is 3.28. The smallest absolute Gasteiger partial charge is 0.313 e. The molecule has 0 aliphatic carbocycles. The van der Waals surface area contributed by atoms with Gasteiger partial charge < -0.3 is 4.74 Å².